The number of nitrogens with one attached hydrogen (secondary N) is 1. The van der Waals surface area contributed by atoms with Crippen LogP contribution in [0.1, 0.15) is 20.8 Å². The van der Waals surface area contributed by atoms with E-state index < -0.39 is 57.2 Å². The zero-order valence-corrected chi connectivity index (χ0v) is 23.3. The molecule has 168 valence electrons. The molecule has 0 saturated heterocycles. The Morgan fingerprint density at radius 2 is 1.80 bits per heavy atom. The van der Waals surface area contributed by atoms with Crippen molar-refractivity contribution in [2.24, 2.45) is 5.73 Å². The summed E-state index contributed by atoms with van der Waals surface area (Å²) in [6, 6.07) is 0. The van der Waals surface area contributed by atoms with E-state index in [1.165, 1.54) is 13.8 Å². The Kier molecular flexibility index (Phi) is 10.2. The Labute approximate surface area is 219 Å². The number of esters is 1. The third-order valence-electron chi connectivity index (χ3n) is 4.33. The van der Waals surface area contributed by atoms with Crippen LogP contribution < -0.4 is 11.1 Å². The quantitative estimate of drug-likeness (QED) is 0.123. The molecule has 9 nitrogen and oxygen atoms in total. The van der Waals surface area contributed by atoms with Crippen LogP contribution in [0.5, 0.6) is 0 Å². The number of aliphatic hydroxyl groups is 2. The number of amides is 1. The minimum atomic E-state index is -1.90. The van der Waals surface area contributed by atoms with Crippen LogP contribution >= 0.6 is 79.4 Å². The molecule has 0 aromatic carbocycles. The van der Waals surface area contributed by atoms with Gasteiger partial charge in [0.05, 0.1) is 28.3 Å². The predicted molar refractivity (Wildman–Crippen MR) is 135 cm³/mol. The first-order valence-electron chi connectivity index (χ1n) is 8.36. The molecule has 0 fully saturated rings. The molecule has 0 aliphatic heterocycles. The number of carbonyl (C=O) groups excluding carboxylic acids is 4. The monoisotopic (exact) mass is 780 g/mol. The molecule has 3 unspecified atom stereocenters. The van der Waals surface area contributed by atoms with E-state index in [0.29, 0.717) is 0 Å². The Bertz CT molecular complexity index is 841. The van der Waals surface area contributed by atoms with Crippen molar-refractivity contribution in [2.45, 2.75) is 41.9 Å². The molecule has 0 spiro atoms. The lowest BCUT2D eigenvalue weighted by Gasteiger charge is -2.38. The van der Waals surface area contributed by atoms with Crippen LogP contribution in [0, 0.1) is 0 Å². The highest BCUT2D eigenvalue weighted by atomic mass is 127. The van der Waals surface area contributed by atoms with E-state index in [1.807, 2.05) is 0 Å². The van der Waals surface area contributed by atoms with Crippen molar-refractivity contribution in [3.05, 3.63) is 18.3 Å². The number of ketones is 1. The second-order valence-corrected chi connectivity index (χ2v) is 10.6. The Balaban J connectivity index is 3.69. The molecule has 1 aliphatic carbocycles. The van der Waals surface area contributed by atoms with Gasteiger partial charge in [-0.05, 0) is 70.6 Å². The lowest BCUT2D eigenvalue weighted by atomic mass is 9.82. The maximum atomic E-state index is 13.0. The lowest BCUT2D eigenvalue weighted by molar-refractivity contribution is -0.150. The molecule has 5 N–H and O–H groups in total. The first-order valence-corrected chi connectivity index (χ1v) is 12.1. The number of Topliss-reactive ketones (excluding diaryl/α,β-unsaturated/α-hetero) is 1. The third-order valence-corrected chi connectivity index (χ3v) is 8.81. The Morgan fingerprint density at radius 3 is 2.20 bits per heavy atom. The van der Waals surface area contributed by atoms with E-state index in [9.17, 15) is 29.4 Å². The van der Waals surface area contributed by atoms with Gasteiger partial charge in [0.2, 0.25) is 11.0 Å². The zero-order valence-electron chi connectivity index (χ0n) is 16.1. The summed E-state index contributed by atoms with van der Waals surface area (Å²) in [4.78, 5) is 49.7. The van der Waals surface area contributed by atoms with Gasteiger partial charge < -0.3 is 26.0 Å². The number of aliphatic hydroxyl groups excluding tert-OH is 2. The van der Waals surface area contributed by atoms with Crippen LogP contribution in [-0.2, 0) is 23.9 Å². The number of ether oxygens (including phenoxy) is 1. The number of rotatable bonds is 8. The Hall–Kier alpha value is 0.120. The summed E-state index contributed by atoms with van der Waals surface area (Å²) < 4.78 is 4.28. The van der Waals surface area contributed by atoms with Gasteiger partial charge in [-0.15, -0.1) is 0 Å². The fourth-order valence-corrected chi connectivity index (χ4v) is 8.12. The van der Waals surface area contributed by atoms with Crippen molar-refractivity contribution in [2.75, 3.05) is 13.2 Å². The molecule has 0 bridgehead atoms. The summed E-state index contributed by atoms with van der Waals surface area (Å²) in [5, 5.41) is 20.5. The molecule has 0 radical (unpaired) electrons. The first kappa shape index (κ1) is 28.2. The predicted octanol–water partition coefficient (Wildman–Crippen LogP) is 1.02. The average molecular weight is 781 g/mol. The normalized spacial score (nSPS) is 23.2. The third kappa shape index (κ3) is 5.54. The van der Waals surface area contributed by atoms with Gasteiger partial charge in [0.25, 0.3) is 5.91 Å². The van der Waals surface area contributed by atoms with Crippen LogP contribution in [0.25, 0.3) is 0 Å². The van der Waals surface area contributed by atoms with Crippen molar-refractivity contribution in [3.8, 4) is 0 Å². The highest BCUT2D eigenvalue weighted by Crippen LogP contribution is 2.47. The van der Waals surface area contributed by atoms with Crippen LogP contribution in [0.3, 0.4) is 0 Å². The summed E-state index contributed by atoms with van der Waals surface area (Å²) in [6.07, 6.45) is -1.19. The van der Waals surface area contributed by atoms with E-state index in [1.54, 1.807) is 67.8 Å². The molecule has 0 aromatic rings. The van der Waals surface area contributed by atoms with Crippen molar-refractivity contribution >= 4 is 102 Å². The van der Waals surface area contributed by atoms with Crippen LogP contribution in [0.4, 0.5) is 0 Å². The second-order valence-electron chi connectivity index (χ2n) is 6.87. The van der Waals surface area contributed by atoms with Gasteiger partial charge in [0.15, 0.2) is 6.10 Å². The summed E-state index contributed by atoms with van der Waals surface area (Å²) in [7, 11) is 0. The topological polar surface area (TPSA) is 156 Å². The maximum absolute atomic E-state index is 13.0. The molecule has 3 atom stereocenters. The number of alkyl halides is 1. The molecule has 1 rings (SSSR count). The molecule has 13 heteroatoms. The van der Waals surface area contributed by atoms with E-state index in [0.717, 1.165) is 6.92 Å². The van der Waals surface area contributed by atoms with Crippen molar-refractivity contribution in [1.82, 2.24) is 5.32 Å². The summed E-state index contributed by atoms with van der Waals surface area (Å²) in [5.74, 6) is -2.08. The average Bonchev–Trinajstić information content (AvgIpc) is 2.65. The molecule has 1 aliphatic rings. The molecule has 0 heterocycles. The van der Waals surface area contributed by atoms with E-state index in [2.05, 4.69) is 5.32 Å². The molecule has 0 saturated carbocycles. The lowest BCUT2D eigenvalue weighted by Crippen LogP contribution is -2.59. The number of carbonyl (C=O) groups is 4. The van der Waals surface area contributed by atoms with Gasteiger partial charge in [-0.2, -0.15) is 0 Å². The van der Waals surface area contributed by atoms with Crippen molar-refractivity contribution < 1.29 is 34.1 Å². The number of halogens is 4. The number of nitrogens with two attached hydrogens (primary N) is 1. The largest absolute Gasteiger partial charge is 0.454 e. The minimum absolute atomic E-state index is 0.00159. The van der Waals surface area contributed by atoms with Gasteiger partial charge >= 0.3 is 5.97 Å². The molecule has 30 heavy (non-hydrogen) atoms. The standard InChI is InChI=1S/C17H20ClI3N2O7/c1-6(30-7(2)26)11(27)8-10(19)9(14(28)23-16(3,4-24)5-25)13(21)17(22,12(8)20)15(18)29/h6,12,24-25H,4-5,22H2,1-3H3,(H,23,28). The fourth-order valence-electron chi connectivity index (χ4n) is 2.49. The number of hydrogen-bond acceptors (Lipinski definition) is 8. The maximum Gasteiger partial charge on any atom is 0.303 e. The zero-order chi connectivity index (χ0) is 23.6. The van der Waals surface area contributed by atoms with Crippen LogP contribution in [0.2, 0.25) is 0 Å². The second kappa shape index (κ2) is 10.8. The van der Waals surface area contributed by atoms with E-state index >= 15 is 0 Å². The smallest absolute Gasteiger partial charge is 0.303 e. The van der Waals surface area contributed by atoms with Crippen molar-refractivity contribution in [3.63, 3.8) is 0 Å². The minimum Gasteiger partial charge on any atom is -0.454 e. The highest BCUT2D eigenvalue weighted by Gasteiger charge is 2.53. The molecule has 1 amide bonds. The van der Waals surface area contributed by atoms with Gasteiger partial charge in [-0.3, -0.25) is 19.2 Å². The SMILES string of the molecule is CC(=O)OC(C)C(=O)C1=C(I)C(C(=O)NC(C)(CO)CO)=C(I)C(N)(C(=O)Cl)C1I. The molecule has 0 aromatic heterocycles. The van der Waals surface area contributed by atoms with E-state index in [4.69, 9.17) is 22.1 Å². The van der Waals surface area contributed by atoms with Crippen molar-refractivity contribution in [1.29, 1.82) is 0 Å². The fraction of sp³-hybridized carbons (Fsp3) is 0.529. The summed E-state index contributed by atoms with van der Waals surface area (Å²) in [5.41, 5.74) is 2.95. The van der Waals surface area contributed by atoms with Gasteiger partial charge in [-0.25, -0.2) is 0 Å². The summed E-state index contributed by atoms with van der Waals surface area (Å²) in [6.45, 7) is 2.80. The molecular formula is C17H20ClI3N2O7. The summed E-state index contributed by atoms with van der Waals surface area (Å²) >= 11 is 11.1. The highest BCUT2D eigenvalue weighted by molar-refractivity contribution is 14.1. The Morgan fingerprint density at radius 1 is 1.30 bits per heavy atom. The first-order chi connectivity index (χ1) is 13.7. The van der Waals surface area contributed by atoms with Crippen LogP contribution in [0.15, 0.2) is 18.3 Å². The van der Waals surface area contributed by atoms with E-state index in [-0.39, 0.29) is 18.3 Å². The van der Waals surface area contributed by atoms with Crippen LogP contribution in [-0.4, -0.2) is 67.4 Å². The molecular weight excluding hydrogens is 760 g/mol. The number of hydrogen-bond donors (Lipinski definition) is 4. The van der Waals surface area contributed by atoms with Gasteiger partial charge in [0, 0.05) is 19.7 Å². The van der Waals surface area contributed by atoms with Gasteiger partial charge in [0.1, 0.15) is 5.54 Å². The van der Waals surface area contributed by atoms with Gasteiger partial charge in [-0.1, -0.05) is 22.6 Å².